The molecule has 0 radical (unpaired) electrons. The van der Waals surface area contributed by atoms with E-state index in [2.05, 4.69) is 52.7 Å². The van der Waals surface area contributed by atoms with Crippen molar-refractivity contribution in [2.45, 2.75) is 0 Å². The first kappa shape index (κ1) is 18.6. The maximum atomic E-state index is 5.23. The number of hydrogen-bond donors (Lipinski definition) is 1. The molecule has 0 amide bonds. The molecule has 0 aliphatic rings. The Labute approximate surface area is 171 Å². The van der Waals surface area contributed by atoms with Crippen molar-refractivity contribution in [1.29, 1.82) is 0 Å². The van der Waals surface area contributed by atoms with Crippen LogP contribution in [0.1, 0.15) is 0 Å². The van der Waals surface area contributed by atoms with Crippen LogP contribution in [0.5, 0.6) is 5.75 Å². The minimum Gasteiger partial charge on any atom is -0.497 e. The second-order valence-electron chi connectivity index (χ2n) is 6.96. The largest absolute Gasteiger partial charge is 0.497 e. The third-order valence-corrected chi connectivity index (χ3v) is 4.75. The Morgan fingerprint density at radius 1 is 0.862 bits per heavy atom. The lowest BCUT2D eigenvalue weighted by molar-refractivity contribution is 0.415. The van der Waals surface area contributed by atoms with Crippen molar-refractivity contribution in [1.82, 2.24) is 9.78 Å². The Morgan fingerprint density at radius 3 is 2.17 bits per heavy atom. The smallest absolute Gasteiger partial charge is 0.153 e. The van der Waals surface area contributed by atoms with Gasteiger partial charge in [-0.15, -0.1) is 5.10 Å². The predicted octanol–water partition coefficient (Wildman–Crippen LogP) is 5.36. The third-order valence-electron chi connectivity index (χ3n) is 4.75. The van der Waals surface area contributed by atoms with Crippen LogP contribution >= 0.6 is 0 Å². The highest BCUT2D eigenvalue weighted by molar-refractivity contribution is 5.70. The van der Waals surface area contributed by atoms with Gasteiger partial charge in [-0.05, 0) is 48.5 Å². The molecule has 3 aromatic carbocycles. The van der Waals surface area contributed by atoms with Gasteiger partial charge in [0.1, 0.15) is 5.75 Å². The number of benzene rings is 3. The summed E-state index contributed by atoms with van der Waals surface area (Å²) in [4.78, 5) is 2.09. The first-order chi connectivity index (χ1) is 14.1. The molecule has 0 saturated heterocycles. The summed E-state index contributed by atoms with van der Waals surface area (Å²) in [6.07, 6.45) is 0. The van der Waals surface area contributed by atoms with E-state index in [9.17, 15) is 0 Å². The average Bonchev–Trinajstić information content (AvgIpc) is 3.19. The van der Waals surface area contributed by atoms with Gasteiger partial charge >= 0.3 is 0 Å². The minimum atomic E-state index is 0.783. The van der Waals surface area contributed by atoms with Gasteiger partial charge in [-0.3, -0.25) is 0 Å². The van der Waals surface area contributed by atoms with Gasteiger partial charge in [-0.25, -0.2) is 4.68 Å². The summed E-state index contributed by atoms with van der Waals surface area (Å²) in [5.41, 5.74) is 5.27. The van der Waals surface area contributed by atoms with Crippen LogP contribution in [0.15, 0.2) is 84.9 Å². The van der Waals surface area contributed by atoms with Crippen molar-refractivity contribution in [3.05, 3.63) is 84.9 Å². The lowest BCUT2D eigenvalue weighted by Crippen LogP contribution is -2.08. The van der Waals surface area contributed by atoms with E-state index in [-0.39, 0.29) is 0 Å². The maximum Gasteiger partial charge on any atom is 0.153 e. The number of nitrogens with one attached hydrogen (secondary N) is 1. The fourth-order valence-corrected chi connectivity index (χ4v) is 3.17. The standard InChI is InChI=1S/C24H24N4O/c1-27(2)20-13-9-18(10-14-20)23-17-24(25-19-11-15-22(29-3)16-12-19)26-28(23)21-7-5-4-6-8-21/h4-17H,1-3H3,(H,25,26). The zero-order chi connectivity index (χ0) is 20.2. The van der Waals surface area contributed by atoms with Crippen LogP contribution in [0.25, 0.3) is 16.9 Å². The van der Waals surface area contributed by atoms with Gasteiger partial charge in [0.15, 0.2) is 5.82 Å². The molecular weight excluding hydrogens is 360 g/mol. The second-order valence-corrected chi connectivity index (χ2v) is 6.96. The lowest BCUT2D eigenvalue weighted by atomic mass is 10.1. The Kier molecular flexibility index (Phi) is 5.20. The molecule has 1 aromatic heterocycles. The number of anilines is 3. The van der Waals surface area contributed by atoms with Crippen LogP contribution in [-0.2, 0) is 0 Å². The van der Waals surface area contributed by atoms with E-state index in [4.69, 9.17) is 9.84 Å². The van der Waals surface area contributed by atoms with Crippen molar-refractivity contribution < 1.29 is 4.74 Å². The fourth-order valence-electron chi connectivity index (χ4n) is 3.17. The Hall–Kier alpha value is -3.73. The van der Waals surface area contributed by atoms with Crippen LogP contribution in [0.2, 0.25) is 0 Å². The molecule has 0 bridgehead atoms. The van der Waals surface area contributed by atoms with E-state index >= 15 is 0 Å². The van der Waals surface area contributed by atoms with E-state index < -0.39 is 0 Å². The summed E-state index contributed by atoms with van der Waals surface area (Å²) in [5.74, 6) is 1.61. The Morgan fingerprint density at radius 2 is 1.55 bits per heavy atom. The molecule has 0 aliphatic carbocycles. The topological polar surface area (TPSA) is 42.3 Å². The first-order valence-corrected chi connectivity index (χ1v) is 9.48. The summed E-state index contributed by atoms with van der Waals surface area (Å²) in [5, 5.41) is 8.21. The highest BCUT2D eigenvalue weighted by atomic mass is 16.5. The first-order valence-electron chi connectivity index (χ1n) is 9.48. The quantitative estimate of drug-likeness (QED) is 0.486. The predicted molar refractivity (Wildman–Crippen MR) is 120 cm³/mol. The van der Waals surface area contributed by atoms with Gasteiger partial charge in [0.05, 0.1) is 18.5 Å². The van der Waals surface area contributed by atoms with Crippen molar-refractivity contribution in [2.75, 3.05) is 31.4 Å². The van der Waals surface area contributed by atoms with Crippen LogP contribution in [0.3, 0.4) is 0 Å². The summed E-state index contributed by atoms with van der Waals surface area (Å²) < 4.78 is 7.20. The lowest BCUT2D eigenvalue weighted by Gasteiger charge is -2.13. The van der Waals surface area contributed by atoms with Crippen molar-refractivity contribution in [3.63, 3.8) is 0 Å². The number of nitrogens with zero attached hydrogens (tertiary/aromatic N) is 3. The summed E-state index contributed by atoms with van der Waals surface area (Å²) in [7, 11) is 5.75. The van der Waals surface area contributed by atoms with E-state index in [0.29, 0.717) is 0 Å². The van der Waals surface area contributed by atoms with E-state index in [1.165, 1.54) is 0 Å². The Balaban J connectivity index is 1.72. The van der Waals surface area contributed by atoms with Gasteiger partial charge in [-0.2, -0.15) is 0 Å². The highest BCUT2D eigenvalue weighted by Gasteiger charge is 2.12. The maximum absolute atomic E-state index is 5.23. The molecule has 4 aromatic rings. The molecule has 4 rings (SSSR count). The van der Waals surface area contributed by atoms with Crippen LogP contribution in [0.4, 0.5) is 17.2 Å². The zero-order valence-electron chi connectivity index (χ0n) is 16.8. The average molecular weight is 384 g/mol. The molecule has 1 heterocycles. The van der Waals surface area contributed by atoms with Crippen molar-refractivity contribution in [3.8, 4) is 22.7 Å². The molecule has 0 spiro atoms. The summed E-state index contributed by atoms with van der Waals surface area (Å²) >= 11 is 0. The number of ether oxygens (including phenoxy) is 1. The van der Waals surface area contributed by atoms with Crippen molar-refractivity contribution in [2.24, 2.45) is 0 Å². The van der Waals surface area contributed by atoms with Gasteiger partial charge in [-0.1, -0.05) is 30.3 Å². The third kappa shape index (κ3) is 4.09. The number of aromatic nitrogens is 2. The molecule has 1 N–H and O–H groups in total. The zero-order valence-corrected chi connectivity index (χ0v) is 16.8. The molecule has 0 atom stereocenters. The fraction of sp³-hybridized carbons (Fsp3) is 0.125. The van der Waals surface area contributed by atoms with E-state index in [1.807, 2.05) is 61.2 Å². The molecule has 146 valence electrons. The van der Waals surface area contributed by atoms with Gasteiger partial charge in [0.2, 0.25) is 0 Å². The summed E-state index contributed by atoms with van der Waals surface area (Å²) in [6, 6.07) is 28.5. The minimum absolute atomic E-state index is 0.783. The second kappa shape index (κ2) is 8.10. The van der Waals surface area contributed by atoms with Gasteiger partial charge < -0.3 is 15.0 Å². The van der Waals surface area contributed by atoms with Gasteiger partial charge in [0, 0.05) is 37.1 Å². The van der Waals surface area contributed by atoms with Crippen LogP contribution in [0, 0.1) is 0 Å². The monoisotopic (exact) mass is 384 g/mol. The Bertz CT molecular complexity index is 1070. The SMILES string of the molecule is COc1ccc(Nc2cc(-c3ccc(N(C)C)cc3)n(-c3ccccc3)n2)cc1. The molecule has 5 heteroatoms. The molecule has 0 fully saturated rings. The van der Waals surface area contributed by atoms with E-state index in [0.717, 1.165) is 39.9 Å². The number of methoxy groups -OCH3 is 1. The normalized spacial score (nSPS) is 10.6. The van der Waals surface area contributed by atoms with Crippen molar-refractivity contribution >= 4 is 17.2 Å². The summed E-state index contributed by atoms with van der Waals surface area (Å²) in [6.45, 7) is 0. The molecule has 29 heavy (non-hydrogen) atoms. The van der Waals surface area contributed by atoms with Gasteiger partial charge in [0.25, 0.3) is 0 Å². The van der Waals surface area contributed by atoms with Crippen LogP contribution < -0.4 is 15.0 Å². The highest BCUT2D eigenvalue weighted by Crippen LogP contribution is 2.29. The molecule has 0 aliphatic heterocycles. The number of para-hydroxylation sites is 1. The molecule has 5 nitrogen and oxygen atoms in total. The molecule has 0 saturated carbocycles. The molecular formula is C24H24N4O. The molecule has 0 unspecified atom stereocenters. The van der Waals surface area contributed by atoms with Crippen LogP contribution in [-0.4, -0.2) is 31.0 Å². The number of hydrogen-bond acceptors (Lipinski definition) is 4. The number of rotatable bonds is 6. The van der Waals surface area contributed by atoms with E-state index in [1.54, 1.807) is 7.11 Å².